The summed E-state index contributed by atoms with van der Waals surface area (Å²) in [4.78, 5) is 38.9. The van der Waals surface area contributed by atoms with Crippen molar-refractivity contribution in [3.05, 3.63) is 40.3 Å². The summed E-state index contributed by atoms with van der Waals surface area (Å²) in [5, 5.41) is 1.83. The van der Waals surface area contributed by atoms with Crippen LogP contribution in [0.4, 0.5) is 5.00 Å². The van der Waals surface area contributed by atoms with Gasteiger partial charge in [0.1, 0.15) is 0 Å². The van der Waals surface area contributed by atoms with Crippen molar-refractivity contribution in [3.63, 3.8) is 0 Å². The van der Waals surface area contributed by atoms with E-state index >= 15 is 0 Å². The number of nitrogen functional groups attached to an aromatic ring is 1. The number of hydrogen-bond donors (Lipinski definition) is 1. The zero-order chi connectivity index (χ0) is 20.4. The molecule has 0 radical (unpaired) electrons. The van der Waals surface area contributed by atoms with Gasteiger partial charge in [0.05, 0.1) is 49.4 Å². The molecule has 2 amide bonds. The van der Waals surface area contributed by atoms with E-state index < -0.39 is 23.8 Å². The van der Waals surface area contributed by atoms with Crippen LogP contribution in [-0.2, 0) is 9.53 Å². The Kier molecular flexibility index (Phi) is 5.55. The van der Waals surface area contributed by atoms with Gasteiger partial charge in [0.15, 0.2) is 11.5 Å². The van der Waals surface area contributed by atoms with Crippen molar-refractivity contribution in [2.75, 3.05) is 26.6 Å². The summed E-state index contributed by atoms with van der Waals surface area (Å²) in [7, 11) is 2.76. The molecule has 2 heterocycles. The molecule has 3 rings (SSSR count). The maximum atomic E-state index is 12.9. The van der Waals surface area contributed by atoms with Crippen LogP contribution in [0, 0.1) is 0 Å². The number of imide groups is 1. The van der Waals surface area contributed by atoms with Crippen LogP contribution in [0.1, 0.15) is 45.7 Å². The number of nitrogens with two attached hydrogens (primary N) is 1. The van der Waals surface area contributed by atoms with Crippen LogP contribution in [0.2, 0.25) is 0 Å². The third-order valence-corrected chi connectivity index (χ3v) is 5.28. The number of fused-ring (bicyclic) bond motifs is 1. The second-order valence-corrected chi connectivity index (χ2v) is 6.92. The second kappa shape index (κ2) is 7.89. The first-order valence-electron chi connectivity index (χ1n) is 8.55. The Morgan fingerprint density at radius 3 is 2.57 bits per heavy atom. The Morgan fingerprint density at radius 1 is 1.21 bits per heavy atom. The molecular formula is C19H20N2O6S. The number of thiophene rings is 1. The molecule has 1 aromatic heterocycles. The Morgan fingerprint density at radius 2 is 1.96 bits per heavy atom. The first kappa shape index (κ1) is 19.7. The van der Waals surface area contributed by atoms with Gasteiger partial charge >= 0.3 is 5.97 Å². The number of carbonyl (C=O) groups excluding carboxylic acids is 3. The lowest BCUT2D eigenvalue weighted by atomic mass is 10.0. The van der Waals surface area contributed by atoms with Crippen LogP contribution >= 0.6 is 11.3 Å². The largest absolute Gasteiger partial charge is 0.493 e. The molecule has 1 aliphatic heterocycles. The predicted molar refractivity (Wildman–Crippen MR) is 103 cm³/mol. The van der Waals surface area contributed by atoms with Gasteiger partial charge in [-0.15, -0.1) is 11.3 Å². The topological polar surface area (TPSA) is 108 Å². The van der Waals surface area contributed by atoms with Gasteiger partial charge < -0.3 is 19.9 Å². The van der Waals surface area contributed by atoms with Gasteiger partial charge in [0.25, 0.3) is 11.8 Å². The molecule has 0 saturated heterocycles. The SMILES string of the molecule is CCOc1cc(C(CC(=O)OC)N2C(=O)c3csc(N)c3C2=O)ccc1OC. The highest BCUT2D eigenvalue weighted by molar-refractivity contribution is 7.14. The third kappa shape index (κ3) is 3.29. The minimum atomic E-state index is -0.866. The van der Waals surface area contributed by atoms with Crippen LogP contribution in [0.25, 0.3) is 0 Å². The summed E-state index contributed by atoms with van der Waals surface area (Å²) < 4.78 is 15.6. The van der Waals surface area contributed by atoms with Crippen LogP contribution in [0.5, 0.6) is 11.5 Å². The lowest BCUT2D eigenvalue weighted by molar-refractivity contribution is -0.141. The molecule has 0 bridgehead atoms. The number of nitrogens with zero attached hydrogens (tertiary/aromatic N) is 1. The monoisotopic (exact) mass is 404 g/mol. The molecule has 1 aromatic carbocycles. The van der Waals surface area contributed by atoms with Crippen LogP contribution in [0.15, 0.2) is 23.6 Å². The average Bonchev–Trinajstić information content (AvgIpc) is 3.19. The van der Waals surface area contributed by atoms with E-state index in [2.05, 4.69) is 0 Å². The van der Waals surface area contributed by atoms with Gasteiger partial charge in [-0.3, -0.25) is 19.3 Å². The summed E-state index contributed by atoms with van der Waals surface area (Å²) in [6, 6.07) is 4.14. The number of hydrogen-bond acceptors (Lipinski definition) is 8. The fourth-order valence-electron chi connectivity index (χ4n) is 3.14. The van der Waals surface area contributed by atoms with Crippen molar-refractivity contribution in [3.8, 4) is 11.5 Å². The minimum Gasteiger partial charge on any atom is -0.493 e. The number of benzene rings is 1. The van der Waals surface area contributed by atoms with Crippen molar-refractivity contribution in [2.45, 2.75) is 19.4 Å². The number of amides is 2. The zero-order valence-electron chi connectivity index (χ0n) is 15.7. The second-order valence-electron chi connectivity index (χ2n) is 6.01. The van der Waals surface area contributed by atoms with E-state index in [9.17, 15) is 14.4 Å². The molecule has 2 aromatic rings. The van der Waals surface area contributed by atoms with E-state index in [0.717, 1.165) is 16.2 Å². The van der Waals surface area contributed by atoms with Crippen LogP contribution < -0.4 is 15.2 Å². The normalized spacial score (nSPS) is 14.0. The molecule has 0 spiro atoms. The molecule has 1 unspecified atom stereocenters. The third-order valence-electron chi connectivity index (χ3n) is 4.47. The number of esters is 1. The number of carbonyl (C=O) groups is 3. The fraction of sp³-hybridized carbons (Fsp3) is 0.316. The van der Waals surface area contributed by atoms with Gasteiger partial charge in [0.2, 0.25) is 0 Å². The molecule has 0 saturated carbocycles. The average molecular weight is 404 g/mol. The quantitative estimate of drug-likeness (QED) is 0.558. The van der Waals surface area contributed by atoms with Crippen molar-refractivity contribution < 1.29 is 28.6 Å². The molecule has 28 heavy (non-hydrogen) atoms. The Balaban J connectivity index is 2.06. The summed E-state index contributed by atoms with van der Waals surface area (Å²) in [6.45, 7) is 2.22. The molecule has 9 heteroatoms. The predicted octanol–water partition coefficient (Wildman–Crippen LogP) is 2.64. The van der Waals surface area contributed by atoms with E-state index in [1.54, 1.807) is 23.6 Å². The van der Waals surface area contributed by atoms with Crippen molar-refractivity contribution in [1.29, 1.82) is 0 Å². The van der Waals surface area contributed by atoms with E-state index in [4.69, 9.17) is 19.9 Å². The van der Waals surface area contributed by atoms with Gasteiger partial charge in [0, 0.05) is 5.38 Å². The maximum absolute atomic E-state index is 12.9. The molecule has 2 N–H and O–H groups in total. The smallest absolute Gasteiger partial charge is 0.307 e. The summed E-state index contributed by atoms with van der Waals surface area (Å²) in [5.41, 5.74) is 6.84. The van der Waals surface area contributed by atoms with E-state index in [0.29, 0.717) is 23.7 Å². The first-order valence-corrected chi connectivity index (χ1v) is 9.43. The minimum absolute atomic E-state index is 0.184. The van der Waals surface area contributed by atoms with Crippen LogP contribution in [0.3, 0.4) is 0 Å². The summed E-state index contributed by atoms with van der Waals surface area (Å²) in [6.07, 6.45) is -0.195. The molecule has 0 aliphatic carbocycles. The number of anilines is 1. The zero-order valence-corrected chi connectivity index (χ0v) is 16.5. The Labute approximate surface area is 165 Å². The van der Waals surface area contributed by atoms with Gasteiger partial charge in [-0.2, -0.15) is 0 Å². The van der Waals surface area contributed by atoms with E-state index in [1.165, 1.54) is 14.2 Å². The van der Waals surface area contributed by atoms with Gasteiger partial charge in [-0.05, 0) is 24.6 Å². The van der Waals surface area contributed by atoms with E-state index in [1.807, 2.05) is 6.92 Å². The van der Waals surface area contributed by atoms with Crippen molar-refractivity contribution >= 4 is 34.1 Å². The van der Waals surface area contributed by atoms with Gasteiger partial charge in [-0.1, -0.05) is 6.07 Å². The molecule has 1 atom stereocenters. The molecule has 0 fully saturated rings. The number of rotatable bonds is 7. The molecular weight excluding hydrogens is 384 g/mol. The highest BCUT2D eigenvalue weighted by atomic mass is 32.1. The van der Waals surface area contributed by atoms with E-state index in [-0.39, 0.29) is 22.5 Å². The Hall–Kier alpha value is -3.07. The molecule has 148 valence electrons. The molecule has 1 aliphatic rings. The highest BCUT2D eigenvalue weighted by Crippen LogP contribution is 2.40. The summed E-state index contributed by atoms with van der Waals surface area (Å²) >= 11 is 1.14. The lowest BCUT2D eigenvalue weighted by Crippen LogP contribution is -2.35. The van der Waals surface area contributed by atoms with Crippen LogP contribution in [-0.4, -0.2) is 43.5 Å². The fourth-order valence-corrected chi connectivity index (χ4v) is 3.92. The van der Waals surface area contributed by atoms with Crippen molar-refractivity contribution in [2.24, 2.45) is 0 Å². The Bertz CT molecular complexity index is 939. The molecule has 8 nitrogen and oxygen atoms in total. The number of ether oxygens (including phenoxy) is 3. The first-order chi connectivity index (χ1) is 13.4. The van der Waals surface area contributed by atoms with Crippen molar-refractivity contribution in [1.82, 2.24) is 4.90 Å². The van der Waals surface area contributed by atoms with Gasteiger partial charge in [-0.25, -0.2) is 0 Å². The number of methoxy groups -OCH3 is 2. The summed E-state index contributed by atoms with van der Waals surface area (Å²) in [5.74, 6) is -0.617. The lowest BCUT2D eigenvalue weighted by Gasteiger charge is -2.26. The maximum Gasteiger partial charge on any atom is 0.307 e. The highest BCUT2D eigenvalue weighted by Gasteiger charge is 2.43. The standard InChI is InChI=1S/C19H20N2O6S/c1-4-27-14-7-10(5-6-13(14)25-2)12(8-15(22)26-3)21-18(23)11-9-28-17(20)16(11)19(21)24/h5-7,9,12H,4,8,20H2,1-3H3.